The summed E-state index contributed by atoms with van der Waals surface area (Å²) in [5, 5.41) is 0. The molecule has 0 saturated carbocycles. The Morgan fingerprint density at radius 1 is 0.676 bits per heavy atom. The molecule has 0 N–H and O–H groups in total. The molecule has 2 rings (SSSR count). The first-order valence-electron chi connectivity index (χ1n) is 11.5. The lowest BCUT2D eigenvalue weighted by Crippen LogP contribution is -2.71. The number of rotatable bonds is 9. The highest BCUT2D eigenvalue weighted by molar-refractivity contribution is 5.78. The molecule has 1 aromatic rings. The lowest BCUT2D eigenvalue weighted by atomic mass is 9.85. The van der Waals surface area contributed by atoms with Gasteiger partial charge in [0.15, 0.2) is 18.3 Å². The zero-order valence-electron chi connectivity index (χ0n) is 21.3. The van der Waals surface area contributed by atoms with E-state index < -0.39 is 67.0 Å². The van der Waals surface area contributed by atoms with Crippen molar-refractivity contribution in [1.29, 1.82) is 0 Å². The quantitative estimate of drug-likeness (QED) is 0.345. The maximum atomic E-state index is 13.5. The fourth-order valence-electron chi connectivity index (χ4n) is 4.14. The largest absolute Gasteiger partial charge is 0.464 e. The van der Waals surface area contributed by atoms with Crippen LogP contribution in [0.15, 0.2) is 30.3 Å². The first kappa shape index (κ1) is 29.3. The van der Waals surface area contributed by atoms with Crippen molar-refractivity contribution in [2.45, 2.75) is 78.0 Å². The Kier molecular flexibility index (Phi) is 10.6. The number of nitrogens with zero attached hydrogens (tertiary/aromatic N) is 1. The Labute approximate surface area is 214 Å². The maximum absolute atomic E-state index is 13.5. The van der Waals surface area contributed by atoms with Gasteiger partial charge < -0.3 is 23.7 Å². The standard InChI is InChI=1S/C25H31NO11/c1-14(27)11-20-22(35-16(3)29)24(37-18(5)31)23(36-17(4)30)21(13-33-15(2)28)26(20)25(32)34-12-19-9-7-6-8-10-19/h6-10,20-24H,11-13H2,1-5H3/t20-,21-,22+,23-,24-/m1/s1. The smallest absolute Gasteiger partial charge is 0.411 e. The van der Waals surface area contributed by atoms with Crippen LogP contribution in [0.2, 0.25) is 0 Å². The minimum absolute atomic E-state index is 0.146. The summed E-state index contributed by atoms with van der Waals surface area (Å²) in [4.78, 5) is 74.5. The van der Waals surface area contributed by atoms with Crippen LogP contribution in [-0.2, 0) is 54.3 Å². The van der Waals surface area contributed by atoms with Gasteiger partial charge in [-0.1, -0.05) is 30.3 Å². The van der Waals surface area contributed by atoms with Crippen LogP contribution in [0.3, 0.4) is 0 Å². The number of carbonyl (C=O) groups is 6. The van der Waals surface area contributed by atoms with Gasteiger partial charge in [0.05, 0.1) is 6.04 Å². The van der Waals surface area contributed by atoms with Crippen molar-refractivity contribution in [2.24, 2.45) is 0 Å². The van der Waals surface area contributed by atoms with Crippen LogP contribution in [0, 0.1) is 0 Å². The molecule has 0 bridgehead atoms. The van der Waals surface area contributed by atoms with Gasteiger partial charge in [0.2, 0.25) is 0 Å². The molecule has 1 fully saturated rings. The molecule has 1 aliphatic heterocycles. The summed E-state index contributed by atoms with van der Waals surface area (Å²) >= 11 is 0. The topological polar surface area (TPSA) is 152 Å². The molecule has 1 aromatic carbocycles. The predicted octanol–water partition coefficient (Wildman–Crippen LogP) is 1.71. The number of esters is 4. The Morgan fingerprint density at radius 3 is 1.68 bits per heavy atom. The van der Waals surface area contributed by atoms with Crippen LogP contribution in [0.5, 0.6) is 0 Å². The number of hydrogen-bond donors (Lipinski definition) is 0. The van der Waals surface area contributed by atoms with Gasteiger partial charge in [-0.15, -0.1) is 0 Å². The fourth-order valence-corrected chi connectivity index (χ4v) is 4.14. The third kappa shape index (κ3) is 8.58. The number of benzene rings is 1. The maximum Gasteiger partial charge on any atom is 0.411 e. The summed E-state index contributed by atoms with van der Waals surface area (Å²) in [6, 6.07) is 6.29. The number of Topliss-reactive ketones (excluding diaryl/α,β-unsaturated/α-hetero) is 1. The Morgan fingerprint density at radius 2 is 1.19 bits per heavy atom. The van der Waals surface area contributed by atoms with Gasteiger partial charge in [0.1, 0.15) is 25.0 Å². The monoisotopic (exact) mass is 521 g/mol. The van der Waals surface area contributed by atoms with Gasteiger partial charge in [-0.05, 0) is 12.5 Å². The van der Waals surface area contributed by atoms with E-state index in [2.05, 4.69) is 0 Å². The third-order valence-corrected chi connectivity index (χ3v) is 5.40. The molecule has 37 heavy (non-hydrogen) atoms. The second kappa shape index (κ2) is 13.4. The van der Waals surface area contributed by atoms with Crippen LogP contribution in [-0.4, -0.2) is 77.7 Å². The number of ether oxygens (including phenoxy) is 5. The number of ketones is 1. The number of hydrogen-bond acceptors (Lipinski definition) is 11. The summed E-state index contributed by atoms with van der Waals surface area (Å²) in [5.74, 6) is -3.49. The highest BCUT2D eigenvalue weighted by Crippen LogP contribution is 2.34. The molecule has 202 valence electrons. The number of piperidine rings is 1. The Balaban J connectivity index is 2.62. The Hall–Kier alpha value is -3.96. The molecular weight excluding hydrogens is 490 g/mol. The summed E-state index contributed by atoms with van der Waals surface area (Å²) in [6.07, 6.45) is -5.55. The summed E-state index contributed by atoms with van der Waals surface area (Å²) in [7, 11) is 0. The van der Waals surface area contributed by atoms with E-state index in [1.807, 2.05) is 0 Å². The van der Waals surface area contributed by atoms with Gasteiger partial charge in [0, 0.05) is 34.1 Å². The van der Waals surface area contributed by atoms with Crippen molar-refractivity contribution in [3.05, 3.63) is 35.9 Å². The van der Waals surface area contributed by atoms with E-state index in [9.17, 15) is 28.8 Å². The van der Waals surface area contributed by atoms with Crippen LogP contribution >= 0.6 is 0 Å². The molecular formula is C25H31NO11. The lowest BCUT2D eigenvalue weighted by molar-refractivity contribution is -0.215. The first-order valence-corrected chi connectivity index (χ1v) is 11.5. The van der Waals surface area contributed by atoms with Crippen LogP contribution in [0.25, 0.3) is 0 Å². The van der Waals surface area contributed by atoms with Crippen molar-refractivity contribution in [1.82, 2.24) is 4.90 Å². The van der Waals surface area contributed by atoms with Gasteiger partial charge in [-0.2, -0.15) is 0 Å². The highest BCUT2D eigenvalue weighted by Gasteiger charge is 2.57. The van der Waals surface area contributed by atoms with E-state index in [1.165, 1.54) is 6.92 Å². The van der Waals surface area contributed by atoms with Gasteiger partial charge in [-0.3, -0.25) is 28.9 Å². The van der Waals surface area contributed by atoms with Gasteiger partial charge in [0.25, 0.3) is 0 Å². The molecule has 1 aliphatic rings. The SMILES string of the molecule is CC(=O)C[C@@H]1[C@H](OC(C)=O)[C@@H](OC(C)=O)[C@H](OC(C)=O)[C@@H](COC(C)=O)N1C(=O)OCc1ccccc1. The van der Waals surface area contributed by atoms with Crippen molar-refractivity contribution in [2.75, 3.05) is 6.61 Å². The van der Waals surface area contributed by atoms with E-state index in [0.717, 1.165) is 32.6 Å². The third-order valence-electron chi connectivity index (χ3n) is 5.40. The predicted molar refractivity (Wildman–Crippen MR) is 125 cm³/mol. The van der Waals surface area contributed by atoms with Gasteiger partial charge in [-0.25, -0.2) is 4.79 Å². The minimum atomic E-state index is -1.43. The molecule has 0 spiro atoms. The number of likely N-dealkylation sites (tertiary alicyclic amines) is 1. The van der Waals surface area contributed by atoms with E-state index >= 15 is 0 Å². The minimum Gasteiger partial charge on any atom is -0.464 e. The van der Waals surface area contributed by atoms with E-state index in [1.54, 1.807) is 30.3 Å². The molecule has 1 saturated heterocycles. The second-order valence-corrected chi connectivity index (χ2v) is 8.51. The molecule has 0 aliphatic carbocycles. The van der Waals surface area contributed by atoms with Gasteiger partial charge >= 0.3 is 30.0 Å². The van der Waals surface area contributed by atoms with Crippen molar-refractivity contribution in [3.63, 3.8) is 0 Å². The molecule has 0 radical (unpaired) electrons. The summed E-state index contributed by atoms with van der Waals surface area (Å²) in [5.41, 5.74) is 0.665. The second-order valence-electron chi connectivity index (χ2n) is 8.51. The van der Waals surface area contributed by atoms with Crippen molar-refractivity contribution in [3.8, 4) is 0 Å². The zero-order chi connectivity index (χ0) is 27.7. The first-order chi connectivity index (χ1) is 17.4. The molecule has 1 heterocycles. The van der Waals surface area contributed by atoms with Crippen molar-refractivity contribution >= 4 is 35.8 Å². The van der Waals surface area contributed by atoms with Crippen molar-refractivity contribution < 1.29 is 52.5 Å². The molecule has 12 heteroatoms. The molecule has 0 unspecified atom stereocenters. The fraction of sp³-hybridized carbons (Fsp3) is 0.520. The van der Waals surface area contributed by atoms with Crippen LogP contribution < -0.4 is 0 Å². The number of amides is 1. The van der Waals surface area contributed by atoms with E-state index in [-0.39, 0.29) is 18.8 Å². The molecule has 5 atom stereocenters. The Bertz CT molecular complexity index is 1010. The summed E-state index contributed by atoms with van der Waals surface area (Å²) < 4.78 is 26.9. The highest BCUT2D eigenvalue weighted by atomic mass is 16.6. The normalized spacial score (nSPS) is 22.8. The zero-order valence-corrected chi connectivity index (χ0v) is 21.3. The van der Waals surface area contributed by atoms with Crippen LogP contribution in [0.4, 0.5) is 4.79 Å². The molecule has 0 aromatic heterocycles. The summed E-state index contributed by atoms with van der Waals surface area (Å²) in [6.45, 7) is 5.04. The lowest BCUT2D eigenvalue weighted by Gasteiger charge is -2.50. The average Bonchev–Trinajstić information content (AvgIpc) is 2.79. The number of carbonyl (C=O) groups excluding carboxylic acids is 6. The van der Waals surface area contributed by atoms with Crippen LogP contribution in [0.1, 0.15) is 46.6 Å². The molecule has 12 nitrogen and oxygen atoms in total. The van der Waals surface area contributed by atoms with E-state index in [4.69, 9.17) is 23.7 Å². The molecule has 1 amide bonds. The average molecular weight is 522 g/mol. The van der Waals surface area contributed by atoms with E-state index in [0.29, 0.717) is 5.56 Å².